The summed E-state index contributed by atoms with van der Waals surface area (Å²) in [4.78, 5) is 9.17. The highest BCUT2D eigenvalue weighted by molar-refractivity contribution is 14.1. The fraction of sp³-hybridized carbons (Fsp3) is 0.562. The molecule has 2 rings (SSSR count). The number of aliphatic imine (C=N–C) groups is 1. The lowest BCUT2D eigenvalue weighted by Crippen LogP contribution is -2.50. The highest BCUT2D eigenvalue weighted by Crippen LogP contribution is 2.32. The molecule has 0 fully saturated rings. The fourth-order valence-corrected chi connectivity index (χ4v) is 3.22. The molecule has 21 heavy (non-hydrogen) atoms. The first kappa shape index (κ1) is 16.5. The van der Waals surface area contributed by atoms with E-state index in [-0.39, 0.29) is 5.54 Å². The van der Waals surface area contributed by atoms with Crippen LogP contribution in [-0.2, 0) is 5.54 Å². The van der Waals surface area contributed by atoms with E-state index < -0.39 is 0 Å². The van der Waals surface area contributed by atoms with E-state index in [1.165, 1.54) is 9.13 Å². The zero-order valence-electron chi connectivity index (χ0n) is 13.1. The van der Waals surface area contributed by atoms with Crippen molar-refractivity contribution < 1.29 is 0 Å². The van der Waals surface area contributed by atoms with Crippen LogP contribution in [0.5, 0.6) is 0 Å². The van der Waals surface area contributed by atoms with Gasteiger partial charge in [-0.1, -0.05) is 26.0 Å². The number of hydrogen-bond donors (Lipinski definition) is 1. The van der Waals surface area contributed by atoms with E-state index in [2.05, 4.69) is 82.4 Å². The fourth-order valence-electron chi connectivity index (χ4n) is 2.86. The van der Waals surface area contributed by atoms with Gasteiger partial charge in [0.15, 0.2) is 5.96 Å². The molecule has 1 heterocycles. The molecule has 0 saturated carbocycles. The van der Waals surface area contributed by atoms with Gasteiger partial charge >= 0.3 is 0 Å². The van der Waals surface area contributed by atoms with Crippen molar-refractivity contribution in [2.24, 2.45) is 10.7 Å². The molecule has 0 saturated heterocycles. The maximum absolute atomic E-state index is 6.15. The third kappa shape index (κ3) is 3.51. The lowest BCUT2D eigenvalue weighted by molar-refractivity contribution is 0.188. The van der Waals surface area contributed by atoms with Crippen molar-refractivity contribution in [2.75, 3.05) is 32.7 Å². The van der Waals surface area contributed by atoms with Gasteiger partial charge in [0.1, 0.15) is 0 Å². The van der Waals surface area contributed by atoms with Crippen LogP contribution < -0.4 is 5.73 Å². The summed E-state index contributed by atoms with van der Waals surface area (Å²) < 4.78 is 1.25. The first-order valence-electron chi connectivity index (χ1n) is 7.57. The zero-order valence-corrected chi connectivity index (χ0v) is 15.3. The van der Waals surface area contributed by atoms with Crippen LogP contribution in [0.25, 0.3) is 0 Å². The van der Waals surface area contributed by atoms with E-state index in [4.69, 9.17) is 5.73 Å². The summed E-state index contributed by atoms with van der Waals surface area (Å²) in [7, 11) is 0. The van der Waals surface area contributed by atoms with Crippen molar-refractivity contribution >= 4 is 28.6 Å². The Morgan fingerprint density at radius 3 is 2.48 bits per heavy atom. The molecule has 1 aliphatic heterocycles. The molecule has 1 aromatic rings. The molecule has 1 aliphatic rings. The minimum absolute atomic E-state index is 0.123. The second-order valence-electron chi connectivity index (χ2n) is 5.63. The van der Waals surface area contributed by atoms with Gasteiger partial charge < -0.3 is 15.5 Å². The molecule has 2 N–H and O–H groups in total. The smallest absolute Gasteiger partial charge is 0.192 e. The Hall–Kier alpha value is -0.820. The molecule has 0 amide bonds. The van der Waals surface area contributed by atoms with Crippen molar-refractivity contribution in [3.63, 3.8) is 0 Å². The number of rotatable bonds is 6. The van der Waals surface area contributed by atoms with E-state index in [1.807, 2.05) is 0 Å². The number of nitrogens with zero attached hydrogens (tertiary/aromatic N) is 3. The Morgan fingerprint density at radius 2 is 1.90 bits per heavy atom. The molecule has 0 radical (unpaired) electrons. The average molecular weight is 400 g/mol. The lowest BCUT2D eigenvalue weighted by Gasteiger charge is -2.38. The number of likely N-dealkylation sites (N-methyl/N-ethyl adjacent to an activating group) is 1. The molecule has 0 bridgehead atoms. The van der Waals surface area contributed by atoms with Gasteiger partial charge in [0, 0.05) is 16.7 Å². The van der Waals surface area contributed by atoms with Gasteiger partial charge in [-0.15, -0.1) is 0 Å². The van der Waals surface area contributed by atoms with Crippen LogP contribution in [0.4, 0.5) is 0 Å². The second kappa shape index (κ2) is 6.96. The summed E-state index contributed by atoms with van der Waals surface area (Å²) in [5.41, 5.74) is 7.31. The Balaban J connectivity index is 2.16. The van der Waals surface area contributed by atoms with E-state index in [0.717, 1.165) is 32.7 Å². The van der Waals surface area contributed by atoms with E-state index in [1.54, 1.807) is 0 Å². The highest BCUT2D eigenvalue weighted by atomic mass is 127. The molecular formula is C16H25IN4. The van der Waals surface area contributed by atoms with Gasteiger partial charge in [-0.3, -0.25) is 4.99 Å². The average Bonchev–Trinajstić information content (AvgIpc) is 2.78. The summed E-state index contributed by atoms with van der Waals surface area (Å²) in [5.74, 6) is 0.670. The van der Waals surface area contributed by atoms with Crippen LogP contribution in [-0.4, -0.2) is 48.5 Å². The van der Waals surface area contributed by atoms with E-state index in [0.29, 0.717) is 5.96 Å². The summed E-state index contributed by atoms with van der Waals surface area (Å²) in [6.45, 7) is 11.4. The summed E-state index contributed by atoms with van der Waals surface area (Å²) in [6.07, 6.45) is 0. The zero-order chi connectivity index (χ0) is 15.5. The first-order valence-corrected chi connectivity index (χ1v) is 8.65. The normalized spacial score (nSPS) is 22.0. The Bertz CT molecular complexity index is 496. The quantitative estimate of drug-likeness (QED) is 0.747. The predicted octanol–water partition coefficient (Wildman–Crippen LogP) is 2.48. The van der Waals surface area contributed by atoms with E-state index in [9.17, 15) is 0 Å². The predicted molar refractivity (Wildman–Crippen MR) is 97.5 cm³/mol. The molecule has 0 aliphatic carbocycles. The van der Waals surface area contributed by atoms with Crippen LogP contribution in [0.3, 0.4) is 0 Å². The molecular weight excluding hydrogens is 375 g/mol. The van der Waals surface area contributed by atoms with Crippen LogP contribution in [0.15, 0.2) is 29.3 Å². The van der Waals surface area contributed by atoms with E-state index >= 15 is 0 Å². The molecule has 4 nitrogen and oxygen atoms in total. The van der Waals surface area contributed by atoms with Crippen molar-refractivity contribution in [3.8, 4) is 0 Å². The lowest BCUT2D eigenvalue weighted by atomic mass is 9.91. The molecule has 0 aromatic heterocycles. The molecule has 116 valence electrons. The van der Waals surface area contributed by atoms with Gasteiger partial charge in [0.2, 0.25) is 0 Å². The monoisotopic (exact) mass is 400 g/mol. The first-order chi connectivity index (χ1) is 10.0. The Labute approximate surface area is 141 Å². The molecule has 1 aromatic carbocycles. The number of guanidine groups is 1. The maximum Gasteiger partial charge on any atom is 0.192 e. The van der Waals surface area contributed by atoms with Crippen molar-refractivity contribution in [3.05, 3.63) is 33.4 Å². The third-order valence-corrected chi connectivity index (χ3v) is 5.14. The number of benzene rings is 1. The minimum Gasteiger partial charge on any atom is -0.370 e. The van der Waals surface area contributed by atoms with Gasteiger partial charge in [-0.25, -0.2) is 0 Å². The minimum atomic E-state index is -0.123. The number of hydrogen-bond acceptors (Lipinski definition) is 4. The van der Waals surface area contributed by atoms with Gasteiger partial charge in [0.25, 0.3) is 0 Å². The standard InChI is InChI=1S/C16H25IN4/c1-4-20(5-2)10-11-21-15(18)19-12-16(21,3)13-6-8-14(17)9-7-13/h6-9H,4-5,10-12H2,1-3H3,(H2,18,19). The maximum atomic E-state index is 6.15. The van der Waals surface area contributed by atoms with Crippen molar-refractivity contribution in [2.45, 2.75) is 26.3 Å². The van der Waals surface area contributed by atoms with Crippen LogP contribution in [0, 0.1) is 3.57 Å². The topological polar surface area (TPSA) is 44.9 Å². The largest absolute Gasteiger partial charge is 0.370 e. The van der Waals surface area contributed by atoms with Crippen molar-refractivity contribution in [1.82, 2.24) is 9.80 Å². The van der Waals surface area contributed by atoms with Gasteiger partial charge in [-0.2, -0.15) is 0 Å². The van der Waals surface area contributed by atoms with Gasteiger partial charge in [0.05, 0.1) is 12.1 Å². The SMILES string of the molecule is CCN(CC)CCN1C(N)=NCC1(C)c1ccc(I)cc1. The number of halogens is 1. The Kier molecular flexibility index (Phi) is 5.48. The summed E-state index contributed by atoms with van der Waals surface area (Å²) in [5, 5.41) is 0. The van der Waals surface area contributed by atoms with Crippen LogP contribution >= 0.6 is 22.6 Å². The van der Waals surface area contributed by atoms with Crippen LogP contribution in [0.1, 0.15) is 26.3 Å². The molecule has 5 heteroatoms. The molecule has 0 spiro atoms. The highest BCUT2D eigenvalue weighted by Gasteiger charge is 2.39. The second-order valence-corrected chi connectivity index (χ2v) is 6.88. The summed E-state index contributed by atoms with van der Waals surface area (Å²) in [6, 6.07) is 8.69. The number of nitrogens with two attached hydrogens (primary N) is 1. The molecule has 1 atom stereocenters. The summed E-state index contributed by atoms with van der Waals surface area (Å²) >= 11 is 2.34. The van der Waals surface area contributed by atoms with Crippen LogP contribution in [0.2, 0.25) is 0 Å². The van der Waals surface area contributed by atoms with Gasteiger partial charge in [-0.05, 0) is 60.3 Å². The Morgan fingerprint density at radius 1 is 1.29 bits per heavy atom. The van der Waals surface area contributed by atoms with Crippen molar-refractivity contribution in [1.29, 1.82) is 0 Å². The third-order valence-electron chi connectivity index (χ3n) is 4.42. The molecule has 1 unspecified atom stereocenters.